The van der Waals surface area contributed by atoms with Gasteiger partial charge in [0.25, 0.3) is 0 Å². The van der Waals surface area contributed by atoms with Crippen molar-refractivity contribution >= 4 is 17.0 Å². The summed E-state index contributed by atoms with van der Waals surface area (Å²) in [5.41, 5.74) is 3.53. The fourth-order valence-electron chi connectivity index (χ4n) is 1.78. The second kappa shape index (κ2) is 7.26. The molecule has 0 aliphatic rings. The summed E-state index contributed by atoms with van der Waals surface area (Å²) < 4.78 is 5.05. The maximum atomic E-state index is 5.05. The molecule has 2 aromatic rings. The van der Waals surface area contributed by atoms with E-state index in [1.54, 1.807) is 18.4 Å². The van der Waals surface area contributed by atoms with Gasteiger partial charge in [-0.25, -0.2) is 4.98 Å². The lowest BCUT2D eigenvalue weighted by Crippen LogP contribution is -2.00. The van der Waals surface area contributed by atoms with Crippen molar-refractivity contribution < 1.29 is 4.74 Å². The number of rotatable bonds is 7. The van der Waals surface area contributed by atoms with Gasteiger partial charge in [0.05, 0.1) is 17.2 Å². The predicted octanol–water partition coefficient (Wildman–Crippen LogP) is 3.64. The molecule has 3 nitrogen and oxygen atoms in total. The highest BCUT2D eigenvalue weighted by molar-refractivity contribution is 7.09. The van der Waals surface area contributed by atoms with E-state index >= 15 is 0 Å². The molecule has 0 fully saturated rings. The van der Waals surface area contributed by atoms with E-state index in [9.17, 15) is 0 Å². The first-order valence-electron chi connectivity index (χ1n) is 6.50. The van der Waals surface area contributed by atoms with Gasteiger partial charge in [-0.3, -0.25) is 0 Å². The normalized spacial score (nSPS) is 10.6. The summed E-state index contributed by atoms with van der Waals surface area (Å²) in [4.78, 5) is 4.62. The largest absolute Gasteiger partial charge is 0.385 e. The first-order valence-corrected chi connectivity index (χ1v) is 7.38. The summed E-state index contributed by atoms with van der Waals surface area (Å²) in [6.07, 6.45) is 2.04. The molecule has 0 radical (unpaired) electrons. The average Bonchev–Trinajstić information content (AvgIpc) is 2.86. The maximum absolute atomic E-state index is 5.05. The van der Waals surface area contributed by atoms with E-state index < -0.39 is 0 Å². The molecule has 0 spiro atoms. The third-order valence-electron chi connectivity index (χ3n) is 2.86. The summed E-state index contributed by atoms with van der Waals surface area (Å²) in [5, 5.41) is 6.71. The number of nitrogens with zero attached hydrogens (tertiary/aromatic N) is 1. The number of hydrogen-bond acceptors (Lipinski definition) is 4. The van der Waals surface area contributed by atoms with Gasteiger partial charge in [0.1, 0.15) is 0 Å². The van der Waals surface area contributed by atoms with Gasteiger partial charge in [-0.2, -0.15) is 0 Å². The molecule has 2 rings (SSSR count). The Morgan fingerprint density at radius 1 is 1.26 bits per heavy atom. The lowest BCUT2D eigenvalue weighted by atomic mass is 10.2. The van der Waals surface area contributed by atoms with Crippen LogP contribution in [0.5, 0.6) is 0 Å². The standard InChI is InChI=1S/C15H20N2OS/c1-12-5-7-13(8-6-12)16-10-14-11-19-15(17-14)4-3-9-18-2/h5-8,11,16H,3-4,9-10H2,1-2H3. The van der Waals surface area contributed by atoms with Crippen LogP contribution in [0.4, 0.5) is 5.69 Å². The molecule has 1 heterocycles. The van der Waals surface area contributed by atoms with E-state index in [0.717, 1.165) is 37.4 Å². The molecule has 0 saturated heterocycles. The number of thiazole rings is 1. The summed E-state index contributed by atoms with van der Waals surface area (Å²) in [5.74, 6) is 0. The number of aryl methyl sites for hydroxylation is 2. The smallest absolute Gasteiger partial charge is 0.0929 e. The Labute approximate surface area is 118 Å². The SMILES string of the molecule is COCCCc1nc(CNc2ccc(C)cc2)cs1. The first-order chi connectivity index (χ1) is 9.28. The van der Waals surface area contributed by atoms with Gasteiger partial charge in [-0.05, 0) is 25.5 Å². The van der Waals surface area contributed by atoms with E-state index in [0.29, 0.717) is 0 Å². The van der Waals surface area contributed by atoms with Crippen LogP contribution in [0.3, 0.4) is 0 Å². The molecule has 0 atom stereocenters. The van der Waals surface area contributed by atoms with E-state index in [1.807, 2.05) is 0 Å². The molecule has 0 unspecified atom stereocenters. The Hall–Kier alpha value is -1.39. The zero-order valence-electron chi connectivity index (χ0n) is 11.5. The minimum Gasteiger partial charge on any atom is -0.385 e. The quantitative estimate of drug-likeness (QED) is 0.784. The summed E-state index contributed by atoms with van der Waals surface area (Å²) in [7, 11) is 1.73. The highest BCUT2D eigenvalue weighted by Crippen LogP contribution is 2.14. The summed E-state index contributed by atoms with van der Waals surface area (Å²) >= 11 is 1.73. The van der Waals surface area contributed by atoms with Crippen molar-refractivity contribution in [1.82, 2.24) is 4.98 Å². The van der Waals surface area contributed by atoms with Crippen molar-refractivity contribution in [2.24, 2.45) is 0 Å². The topological polar surface area (TPSA) is 34.1 Å². The lowest BCUT2D eigenvalue weighted by molar-refractivity contribution is 0.195. The molecule has 19 heavy (non-hydrogen) atoms. The molecular formula is C15H20N2OS. The van der Waals surface area contributed by atoms with Crippen LogP contribution in [-0.4, -0.2) is 18.7 Å². The molecule has 4 heteroatoms. The Kier molecular flexibility index (Phi) is 5.36. The first kappa shape index (κ1) is 14.0. The Morgan fingerprint density at radius 2 is 2.05 bits per heavy atom. The van der Waals surface area contributed by atoms with Crippen LogP contribution < -0.4 is 5.32 Å². The van der Waals surface area contributed by atoms with Gasteiger partial charge < -0.3 is 10.1 Å². The van der Waals surface area contributed by atoms with Gasteiger partial charge in [-0.15, -0.1) is 11.3 Å². The summed E-state index contributed by atoms with van der Waals surface area (Å²) in [6.45, 7) is 3.68. The Morgan fingerprint density at radius 3 is 2.79 bits per heavy atom. The van der Waals surface area contributed by atoms with Crippen molar-refractivity contribution in [2.45, 2.75) is 26.3 Å². The molecular weight excluding hydrogens is 256 g/mol. The van der Waals surface area contributed by atoms with Gasteiger partial charge in [-0.1, -0.05) is 17.7 Å². The van der Waals surface area contributed by atoms with Crippen LogP contribution in [0.25, 0.3) is 0 Å². The van der Waals surface area contributed by atoms with E-state index in [1.165, 1.54) is 10.6 Å². The molecule has 0 aliphatic heterocycles. The number of nitrogens with one attached hydrogen (secondary N) is 1. The number of hydrogen-bond donors (Lipinski definition) is 1. The minimum atomic E-state index is 0.782. The third kappa shape index (κ3) is 4.65. The second-order valence-corrected chi connectivity index (χ2v) is 5.49. The zero-order chi connectivity index (χ0) is 13.5. The van der Waals surface area contributed by atoms with Gasteiger partial charge >= 0.3 is 0 Å². The predicted molar refractivity (Wildman–Crippen MR) is 80.8 cm³/mol. The number of methoxy groups -OCH3 is 1. The monoisotopic (exact) mass is 276 g/mol. The molecule has 0 amide bonds. The maximum Gasteiger partial charge on any atom is 0.0929 e. The molecule has 1 aromatic heterocycles. The van der Waals surface area contributed by atoms with Crippen molar-refractivity contribution in [3.63, 3.8) is 0 Å². The average molecular weight is 276 g/mol. The molecule has 0 saturated carbocycles. The Bertz CT molecular complexity index is 493. The van der Waals surface area contributed by atoms with E-state index in [4.69, 9.17) is 4.74 Å². The molecule has 102 valence electrons. The molecule has 0 bridgehead atoms. The number of aromatic nitrogens is 1. The second-order valence-electron chi connectivity index (χ2n) is 4.55. The van der Waals surface area contributed by atoms with E-state index in [2.05, 4.69) is 46.9 Å². The van der Waals surface area contributed by atoms with Crippen molar-refractivity contribution in [1.29, 1.82) is 0 Å². The van der Waals surface area contributed by atoms with Gasteiger partial charge in [0.2, 0.25) is 0 Å². The molecule has 1 aromatic carbocycles. The fraction of sp³-hybridized carbons (Fsp3) is 0.400. The van der Waals surface area contributed by atoms with Crippen LogP contribution in [0.2, 0.25) is 0 Å². The van der Waals surface area contributed by atoms with Crippen LogP contribution in [0, 0.1) is 6.92 Å². The van der Waals surface area contributed by atoms with Gasteiger partial charge in [0, 0.05) is 31.2 Å². The molecule has 0 aliphatic carbocycles. The van der Waals surface area contributed by atoms with Crippen molar-refractivity contribution in [3.8, 4) is 0 Å². The minimum absolute atomic E-state index is 0.782. The van der Waals surface area contributed by atoms with Gasteiger partial charge in [0.15, 0.2) is 0 Å². The fourth-order valence-corrected chi connectivity index (χ4v) is 2.62. The number of benzene rings is 1. The Balaban J connectivity index is 1.81. The number of anilines is 1. The van der Waals surface area contributed by atoms with Crippen LogP contribution in [0.15, 0.2) is 29.6 Å². The van der Waals surface area contributed by atoms with E-state index in [-0.39, 0.29) is 0 Å². The molecule has 1 N–H and O–H groups in total. The third-order valence-corrected chi connectivity index (χ3v) is 3.82. The highest BCUT2D eigenvalue weighted by atomic mass is 32.1. The van der Waals surface area contributed by atoms with Crippen LogP contribution in [-0.2, 0) is 17.7 Å². The lowest BCUT2D eigenvalue weighted by Gasteiger charge is -2.04. The van der Waals surface area contributed by atoms with Crippen LogP contribution in [0.1, 0.15) is 22.7 Å². The number of ether oxygens (including phenoxy) is 1. The summed E-state index contributed by atoms with van der Waals surface area (Å²) in [6, 6.07) is 8.42. The highest BCUT2D eigenvalue weighted by Gasteiger charge is 2.02. The van der Waals surface area contributed by atoms with Crippen LogP contribution >= 0.6 is 11.3 Å². The van der Waals surface area contributed by atoms with Crippen molar-refractivity contribution in [2.75, 3.05) is 19.0 Å². The zero-order valence-corrected chi connectivity index (χ0v) is 12.3. The van der Waals surface area contributed by atoms with Crippen molar-refractivity contribution in [3.05, 3.63) is 45.9 Å².